The fraction of sp³-hybridized carbons (Fsp3) is 0.562. The molecule has 14 heteroatoms. The Kier molecular flexibility index (Phi) is 24.2. The van der Waals surface area contributed by atoms with E-state index in [-0.39, 0.29) is 57.1 Å². The van der Waals surface area contributed by atoms with Crippen molar-refractivity contribution in [1.29, 1.82) is 0 Å². The fourth-order valence-electron chi connectivity index (χ4n) is 3.44. The molecule has 46 heavy (non-hydrogen) atoms. The molecular formula is C32H50N4O10. The van der Waals surface area contributed by atoms with E-state index in [0.717, 1.165) is 5.56 Å². The van der Waals surface area contributed by atoms with Crippen molar-refractivity contribution in [3.05, 3.63) is 60.7 Å². The van der Waals surface area contributed by atoms with Gasteiger partial charge in [0.1, 0.15) is 19.3 Å². The molecule has 4 N–H and O–H groups in total. The zero-order valence-electron chi connectivity index (χ0n) is 26.8. The van der Waals surface area contributed by atoms with Gasteiger partial charge in [-0.3, -0.25) is 14.4 Å². The lowest BCUT2D eigenvalue weighted by molar-refractivity contribution is -0.131. The lowest BCUT2D eigenvalue weighted by Crippen LogP contribution is -2.35. The van der Waals surface area contributed by atoms with Crippen LogP contribution < -0.4 is 16.0 Å². The maximum Gasteiger partial charge on any atom is 0.251 e. The molecule has 0 saturated heterocycles. The van der Waals surface area contributed by atoms with Gasteiger partial charge in [0.25, 0.3) is 5.91 Å². The summed E-state index contributed by atoms with van der Waals surface area (Å²) >= 11 is 0. The molecule has 2 unspecified atom stereocenters. The Morgan fingerprint density at radius 2 is 1.54 bits per heavy atom. The highest BCUT2D eigenvalue weighted by molar-refractivity contribution is 5.94. The van der Waals surface area contributed by atoms with Crippen molar-refractivity contribution in [2.75, 3.05) is 86.2 Å². The summed E-state index contributed by atoms with van der Waals surface area (Å²) < 4.78 is 27.3. The molecule has 14 nitrogen and oxygen atoms in total. The molecule has 1 rings (SSSR count). The lowest BCUT2D eigenvalue weighted by atomic mass is 10.1. The van der Waals surface area contributed by atoms with Crippen LogP contribution in [0, 0.1) is 0 Å². The number of rotatable bonds is 29. The smallest absolute Gasteiger partial charge is 0.251 e. The van der Waals surface area contributed by atoms with Crippen LogP contribution in [0.25, 0.3) is 0 Å². The Morgan fingerprint density at radius 1 is 0.870 bits per heavy atom. The van der Waals surface area contributed by atoms with E-state index in [9.17, 15) is 19.5 Å². The Labute approximate surface area is 271 Å². The van der Waals surface area contributed by atoms with Gasteiger partial charge in [-0.1, -0.05) is 29.4 Å². The fourth-order valence-corrected chi connectivity index (χ4v) is 3.44. The van der Waals surface area contributed by atoms with Crippen LogP contribution in [0.3, 0.4) is 0 Å². The van der Waals surface area contributed by atoms with E-state index >= 15 is 0 Å². The summed E-state index contributed by atoms with van der Waals surface area (Å²) in [5.41, 5.74) is 1.37. The van der Waals surface area contributed by atoms with Crippen molar-refractivity contribution < 1.29 is 48.0 Å². The van der Waals surface area contributed by atoms with Gasteiger partial charge in [0, 0.05) is 32.1 Å². The molecular weight excluding hydrogens is 600 g/mol. The molecule has 0 heterocycles. The largest absolute Gasteiger partial charge is 0.396 e. The highest BCUT2D eigenvalue weighted by atomic mass is 16.6. The number of hydrogen-bond donors (Lipinski definition) is 4. The van der Waals surface area contributed by atoms with Crippen LogP contribution in [0.15, 0.2) is 54.7 Å². The third-order valence-electron chi connectivity index (χ3n) is 5.93. The summed E-state index contributed by atoms with van der Waals surface area (Å²) in [6.45, 7) is 10.2. The molecule has 0 aromatic heterocycles. The average Bonchev–Trinajstić information content (AvgIpc) is 3.07. The number of benzene rings is 1. The summed E-state index contributed by atoms with van der Waals surface area (Å²) in [7, 11) is 1.58. The van der Waals surface area contributed by atoms with Gasteiger partial charge in [0.15, 0.2) is 0 Å². The molecule has 0 spiro atoms. The SMILES string of the molecule is C=CCOCC(COCCOCCOCC(O)C=C)OCC(=O)NCCC(=O)NCCCCO/N=C/c1ccc(C(=O)NC)cc1. The maximum atomic E-state index is 12.2. The molecule has 0 aliphatic carbocycles. The third-order valence-corrected chi connectivity index (χ3v) is 5.93. The van der Waals surface area contributed by atoms with E-state index < -0.39 is 12.2 Å². The minimum Gasteiger partial charge on any atom is -0.396 e. The highest BCUT2D eigenvalue weighted by Gasteiger charge is 2.13. The average molecular weight is 651 g/mol. The van der Waals surface area contributed by atoms with Crippen LogP contribution in [0.2, 0.25) is 0 Å². The Balaban J connectivity index is 2.10. The van der Waals surface area contributed by atoms with Crippen LogP contribution in [-0.2, 0) is 38.1 Å². The molecule has 258 valence electrons. The topological polar surface area (TPSA) is 175 Å². The number of ether oxygens (including phenoxy) is 5. The molecule has 0 bridgehead atoms. The Hall–Kier alpha value is -3.66. The van der Waals surface area contributed by atoms with Crippen LogP contribution in [0.5, 0.6) is 0 Å². The highest BCUT2D eigenvalue weighted by Crippen LogP contribution is 2.03. The number of aliphatic hydroxyl groups is 1. The maximum absolute atomic E-state index is 12.2. The van der Waals surface area contributed by atoms with Crippen molar-refractivity contribution in [1.82, 2.24) is 16.0 Å². The quantitative estimate of drug-likeness (QED) is 0.0424. The molecule has 0 radical (unpaired) electrons. The van der Waals surface area contributed by atoms with Gasteiger partial charge in [0.05, 0.1) is 65.2 Å². The van der Waals surface area contributed by atoms with E-state index in [4.69, 9.17) is 28.5 Å². The lowest BCUT2D eigenvalue weighted by Gasteiger charge is -2.18. The van der Waals surface area contributed by atoms with E-state index in [1.54, 1.807) is 43.6 Å². The van der Waals surface area contributed by atoms with E-state index in [1.165, 1.54) is 6.08 Å². The number of nitrogens with one attached hydrogen (secondary N) is 3. The molecule has 3 amide bonds. The van der Waals surface area contributed by atoms with E-state index in [2.05, 4.69) is 34.3 Å². The second kappa shape index (κ2) is 27.6. The molecule has 0 aliphatic rings. The van der Waals surface area contributed by atoms with Crippen LogP contribution in [-0.4, -0.2) is 127 Å². The minimum atomic E-state index is -0.693. The summed E-state index contributed by atoms with van der Waals surface area (Å²) in [6, 6.07) is 6.96. The second-order valence-corrected chi connectivity index (χ2v) is 9.75. The number of unbranched alkanes of at least 4 members (excludes halogenated alkanes) is 1. The van der Waals surface area contributed by atoms with Gasteiger partial charge in [-0.25, -0.2) is 0 Å². The number of hydrogen-bond acceptors (Lipinski definition) is 11. The number of aliphatic hydroxyl groups excluding tert-OH is 1. The monoisotopic (exact) mass is 650 g/mol. The first-order valence-corrected chi connectivity index (χ1v) is 15.2. The molecule has 0 saturated carbocycles. The van der Waals surface area contributed by atoms with Crippen molar-refractivity contribution in [2.45, 2.75) is 31.5 Å². The predicted molar refractivity (Wildman–Crippen MR) is 173 cm³/mol. The van der Waals surface area contributed by atoms with Gasteiger partial charge in [0.2, 0.25) is 11.8 Å². The Morgan fingerprint density at radius 3 is 2.24 bits per heavy atom. The van der Waals surface area contributed by atoms with Crippen LogP contribution >= 0.6 is 0 Å². The molecule has 0 aliphatic heterocycles. The number of oxime groups is 1. The molecule has 0 fully saturated rings. The Bertz CT molecular complexity index is 1020. The first-order chi connectivity index (χ1) is 22.4. The molecule has 1 aromatic rings. The third kappa shape index (κ3) is 21.9. The first-order valence-electron chi connectivity index (χ1n) is 15.2. The van der Waals surface area contributed by atoms with Crippen molar-refractivity contribution >= 4 is 23.9 Å². The zero-order valence-corrected chi connectivity index (χ0v) is 26.8. The number of nitrogens with zero attached hydrogens (tertiary/aromatic N) is 1. The van der Waals surface area contributed by atoms with Gasteiger partial charge in [-0.2, -0.15) is 0 Å². The molecule has 1 aromatic carbocycles. The van der Waals surface area contributed by atoms with Crippen LogP contribution in [0.4, 0.5) is 0 Å². The van der Waals surface area contributed by atoms with Crippen LogP contribution in [0.1, 0.15) is 35.2 Å². The molecule has 2 atom stereocenters. The van der Waals surface area contributed by atoms with Crippen molar-refractivity contribution in [3.8, 4) is 0 Å². The number of amides is 3. The van der Waals surface area contributed by atoms with Gasteiger partial charge < -0.3 is 49.6 Å². The van der Waals surface area contributed by atoms with Gasteiger partial charge in [-0.15, -0.1) is 13.2 Å². The van der Waals surface area contributed by atoms with Gasteiger partial charge >= 0.3 is 0 Å². The number of carbonyl (C=O) groups is 3. The van der Waals surface area contributed by atoms with Gasteiger partial charge in [-0.05, 0) is 30.5 Å². The van der Waals surface area contributed by atoms with E-state index in [1.807, 2.05) is 0 Å². The number of carbonyl (C=O) groups excluding carboxylic acids is 3. The zero-order chi connectivity index (χ0) is 33.7. The summed E-state index contributed by atoms with van der Waals surface area (Å²) in [6.07, 6.45) is 4.96. The second-order valence-electron chi connectivity index (χ2n) is 9.75. The van der Waals surface area contributed by atoms with Crippen molar-refractivity contribution in [3.63, 3.8) is 0 Å². The summed E-state index contributed by atoms with van der Waals surface area (Å²) in [5.74, 6) is -0.681. The standard InChI is InChI=1S/C32H50N4O10/c1-4-15-42-23-29(24-44-20-18-41-17-19-43-22-28(37)5-2)45-25-31(39)35-14-12-30(38)34-13-6-7-16-46-36-21-26-8-10-27(11-9-26)32(40)33-3/h4-5,8-11,21,28-29,37H,1-2,6-7,12-20,22-25H2,3H3,(H,33,40)(H,34,38)(H,35,39)/b36-21+. The van der Waals surface area contributed by atoms with Crippen molar-refractivity contribution in [2.24, 2.45) is 5.16 Å². The summed E-state index contributed by atoms with van der Waals surface area (Å²) in [4.78, 5) is 41.0. The van der Waals surface area contributed by atoms with E-state index in [0.29, 0.717) is 64.6 Å². The predicted octanol–water partition coefficient (Wildman–Crippen LogP) is 0.984. The summed E-state index contributed by atoms with van der Waals surface area (Å²) in [5, 5.41) is 21.3. The normalized spacial score (nSPS) is 12.3. The first kappa shape index (κ1) is 40.4. The minimum absolute atomic E-state index is 0.139.